The van der Waals surface area contributed by atoms with Crippen molar-refractivity contribution in [1.29, 1.82) is 0 Å². The summed E-state index contributed by atoms with van der Waals surface area (Å²) in [5.74, 6) is 1.73. The van der Waals surface area contributed by atoms with Crippen LogP contribution in [0.4, 0.5) is 0 Å². The van der Waals surface area contributed by atoms with Crippen molar-refractivity contribution in [2.24, 2.45) is 0 Å². The molecular formula is C31H46N2O3. The average Bonchev–Trinajstić information content (AvgIpc) is 3.15. The first-order chi connectivity index (χ1) is 17.6. The van der Waals surface area contributed by atoms with Crippen molar-refractivity contribution in [3.63, 3.8) is 0 Å². The Morgan fingerprint density at radius 3 is 1.31 bits per heavy atom. The fraction of sp³-hybridized carbons (Fsp3) is 0.581. The van der Waals surface area contributed by atoms with Crippen molar-refractivity contribution in [2.75, 3.05) is 52.5 Å². The first kappa shape index (κ1) is 28.2. The molecule has 2 aromatic rings. The van der Waals surface area contributed by atoms with Crippen LogP contribution in [0, 0.1) is 0 Å². The molecule has 0 bridgehead atoms. The molecule has 3 rings (SSSR count). The number of hydrogen-bond acceptors (Lipinski definition) is 5. The van der Waals surface area contributed by atoms with Crippen LogP contribution in [0.3, 0.4) is 0 Å². The predicted octanol–water partition coefficient (Wildman–Crippen LogP) is 6.68. The molecule has 1 aliphatic rings. The number of carbonyl (C=O) groups excluding carboxylic acids is 1. The third-order valence-corrected chi connectivity index (χ3v) is 6.70. The van der Waals surface area contributed by atoms with Crippen LogP contribution in [0.5, 0.6) is 11.5 Å². The Balaban J connectivity index is 1.57. The lowest BCUT2D eigenvalue weighted by atomic mass is 10.1. The molecule has 198 valence electrons. The van der Waals surface area contributed by atoms with Crippen LogP contribution in [0.1, 0.15) is 82.1 Å². The van der Waals surface area contributed by atoms with Gasteiger partial charge in [0.1, 0.15) is 11.5 Å². The summed E-state index contributed by atoms with van der Waals surface area (Å²) in [5, 5.41) is 0. The number of fused-ring (bicyclic) bond motifs is 3. The van der Waals surface area contributed by atoms with Crippen LogP contribution >= 0.6 is 0 Å². The van der Waals surface area contributed by atoms with Gasteiger partial charge in [0.2, 0.25) is 0 Å². The van der Waals surface area contributed by atoms with Gasteiger partial charge in [-0.2, -0.15) is 0 Å². The molecule has 0 saturated carbocycles. The summed E-state index contributed by atoms with van der Waals surface area (Å²) in [7, 11) is 0. The normalized spacial score (nSPS) is 12.3. The van der Waals surface area contributed by atoms with Crippen molar-refractivity contribution in [2.45, 2.75) is 66.2 Å². The van der Waals surface area contributed by atoms with Crippen LogP contribution in [-0.2, 0) is 0 Å². The third kappa shape index (κ3) is 7.81. The van der Waals surface area contributed by atoms with E-state index in [4.69, 9.17) is 9.47 Å². The van der Waals surface area contributed by atoms with Crippen LogP contribution in [0.2, 0.25) is 0 Å². The maximum atomic E-state index is 12.9. The molecule has 0 aromatic heterocycles. The van der Waals surface area contributed by atoms with E-state index in [2.05, 4.69) is 37.5 Å². The van der Waals surface area contributed by atoms with Crippen LogP contribution < -0.4 is 9.47 Å². The maximum Gasteiger partial charge on any atom is 0.194 e. The first-order valence-corrected chi connectivity index (χ1v) is 14.1. The highest BCUT2D eigenvalue weighted by Gasteiger charge is 2.27. The lowest BCUT2D eigenvalue weighted by molar-refractivity contribution is 0.104. The van der Waals surface area contributed by atoms with Crippen LogP contribution in [0.15, 0.2) is 36.4 Å². The molecule has 5 nitrogen and oxygen atoms in total. The van der Waals surface area contributed by atoms with Gasteiger partial charge in [0.05, 0.1) is 13.2 Å². The summed E-state index contributed by atoms with van der Waals surface area (Å²) in [6.07, 6.45) is 6.72. The van der Waals surface area contributed by atoms with Gasteiger partial charge < -0.3 is 19.3 Å². The number of nitrogens with zero attached hydrogens (tertiary/aromatic N) is 2. The monoisotopic (exact) mass is 494 g/mol. The van der Waals surface area contributed by atoms with Gasteiger partial charge in [0, 0.05) is 24.2 Å². The van der Waals surface area contributed by atoms with Crippen molar-refractivity contribution in [1.82, 2.24) is 9.80 Å². The Bertz CT molecular complexity index is 871. The Labute approximate surface area is 218 Å². The van der Waals surface area contributed by atoms with E-state index in [9.17, 15) is 4.79 Å². The minimum atomic E-state index is 0.0858. The van der Waals surface area contributed by atoms with Crippen LogP contribution in [0.25, 0.3) is 11.1 Å². The third-order valence-electron chi connectivity index (χ3n) is 6.70. The zero-order chi connectivity index (χ0) is 25.8. The lowest BCUT2D eigenvalue weighted by Crippen LogP contribution is -2.27. The van der Waals surface area contributed by atoms with Gasteiger partial charge in [-0.3, -0.25) is 4.79 Å². The fourth-order valence-electron chi connectivity index (χ4n) is 5.11. The SMILES string of the molecule is CCCN(CCC)CCCOc1ccc2c(c1)-c1cc(OCCCN(CCC)CCC)ccc1C2=O. The summed E-state index contributed by atoms with van der Waals surface area (Å²) in [6.45, 7) is 17.0. The minimum absolute atomic E-state index is 0.0858. The molecule has 0 saturated heterocycles. The number of ether oxygens (including phenoxy) is 2. The average molecular weight is 495 g/mol. The number of benzene rings is 2. The number of carbonyl (C=O) groups is 1. The second-order valence-electron chi connectivity index (χ2n) is 9.83. The number of rotatable bonds is 18. The molecule has 0 atom stereocenters. The van der Waals surface area contributed by atoms with Gasteiger partial charge in [-0.05, 0) is 112 Å². The first-order valence-electron chi connectivity index (χ1n) is 14.1. The largest absolute Gasteiger partial charge is 0.494 e. The van der Waals surface area contributed by atoms with Crippen molar-refractivity contribution >= 4 is 5.78 Å². The highest BCUT2D eigenvalue weighted by molar-refractivity contribution is 6.21. The number of ketones is 1. The van der Waals surface area contributed by atoms with E-state index >= 15 is 0 Å². The highest BCUT2D eigenvalue weighted by Crippen LogP contribution is 2.40. The van der Waals surface area contributed by atoms with Crippen molar-refractivity contribution in [3.05, 3.63) is 47.5 Å². The van der Waals surface area contributed by atoms with Gasteiger partial charge in [-0.1, -0.05) is 27.7 Å². The van der Waals surface area contributed by atoms with E-state index in [0.29, 0.717) is 13.2 Å². The summed E-state index contributed by atoms with van der Waals surface area (Å²) in [4.78, 5) is 17.9. The summed E-state index contributed by atoms with van der Waals surface area (Å²) >= 11 is 0. The zero-order valence-corrected chi connectivity index (χ0v) is 23.0. The van der Waals surface area contributed by atoms with Gasteiger partial charge in [-0.25, -0.2) is 0 Å². The zero-order valence-electron chi connectivity index (χ0n) is 23.0. The molecule has 0 spiro atoms. The van der Waals surface area contributed by atoms with E-state index < -0.39 is 0 Å². The summed E-state index contributed by atoms with van der Waals surface area (Å²) in [5.41, 5.74) is 3.41. The van der Waals surface area contributed by atoms with Crippen molar-refractivity contribution < 1.29 is 14.3 Å². The van der Waals surface area contributed by atoms with Crippen molar-refractivity contribution in [3.8, 4) is 22.6 Å². The molecule has 1 aliphatic carbocycles. The topological polar surface area (TPSA) is 42.0 Å². The quantitative estimate of drug-likeness (QED) is 0.185. The van der Waals surface area contributed by atoms with E-state index in [1.165, 1.54) is 25.7 Å². The Morgan fingerprint density at radius 1 is 0.556 bits per heavy atom. The van der Waals surface area contributed by atoms with E-state index in [-0.39, 0.29) is 5.78 Å². The van der Waals surface area contributed by atoms with Crippen LogP contribution in [-0.4, -0.2) is 68.1 Å². The Kier molecular flexibility index (Phi) is 11.8. The van der Waals surface area contributed by atoms with Gasteiger partial charge in [-0.15, -0.1) is 0 Å². The van der Waals surface area contributed by atoms with Gasteiger partial charge >= 0.3 is 0 Å². The minimum Gasteiger partial charge on any atom is -0.494 e. The van der Waals surface area contributed by atoms with E-state index in [0.717, 1.165) is 85.9 Å². The molecule has 2 aromatic carbocycles. The summed E-state index contributed by atoms with van der Waals surface area (Å²) < 4.78 is 12.2. The maximum absolute atomic E-state index is 12.9. The molecular weight excluding hydrogens is 448 g/mol. The molecule has 0 radical (unpaired) electrons. The molecule has 5 heteroatoms. The molecule has 0 heterocycles. The fourth-order valence-corrected chi connectivity index (χ4v) is 5.11. The summed E-state index contributed by atoms with van der Waals surface area (Å²) in [6, 6.07) is 11.7. The molecule has 0 unspecified atom stereocenters. The lowest BCUT2D eigenvalue weighted by Gasteiger charge is -2.20. The molecule has 0 fully saturated rings. The van der Waals surface area contributed by atoms with Gasteiger partial charge in [0.15, 0.2) is 5.78 Å². The molecule has 0 amide bonds. The Morgan fingerprint density at radius 2 is 0.944 bits per heavy atom. The second kappa shape index (κ2) is 15.0. The highest BCUT2D eigenvalue weighted by atomic mass is 16.5. The standard InChI is InChI=1S/C31H46N2O3/c1-5-15-32(16-6-2)19-9-21-35-25-11-13-27-29(23-25)30-24-26(12-14-28(30)31(27)34)36-22-10-20-33(17-7-3)18-8-4/h11-14,23-24H,5-10,15-22H2,1-4H3. The van der Waals surface area contributed by atoms with E-state index in [1.54, 1.807) is 0 Å². The number of hydrogen-bond donors (Lipinski definition) is 0. The molecule has 36 heavy (non-hydrogen) atoms. The second-order valence-corrected chi connectivity index (χ2v) is 9.83. The Hall–Kier alpha value is -2.37. The molecule has 0 N–H and O–H groups in total. The van der Waals surface area contributed by atoms with E-state index in [1.807, 2.05) is 36.4 Å². The molecule has 0 aliphatic heterocycles. The smallest absolute Gasteiger partial charge is 0.194 e. The van der Waals surface area contributed by atoms with Gasteiger partial charge in [0.25, 0.3) is 0 Å². The predicted molar refractivity (Wildman–Crippen MR) is 150 cm³/mol.